The highest BCUT2D eigenvalue weighted by molar-refractivity contribution is 7.16. The smallest absolute Gasteiger partial charge is 0.164 e. The lowest BCUT2D eigenvalue weighted by molar-refractivity contribution is -0.0511. The molecule has 0 amide bonds. The van der Waals surface area contributed by atoms with Crippen LogP contribution in [0.3, 0.4) is 0 Å². The normalized spacial score (nSPS) is 18.3. The van der Waals surface area contributed by atoms with Gasteiger partial charge in [-0.15, -0.1) is 11.3 Å². The van der Waals surface area contributed by atoms with Crippen molar-refractivity contribution in [3.05, 3.63) is 17.3 Å². The average molecular weight is 291 g/mol. The summed E-state index contributed by atoms with van der Waals surface area (Å²) in [5, 5.41) is 6.54. The highest BCUT2D eigenvalue weighted by Gasteiger charge is 2.37. The van der Waals surface area contributed by atoms with E-state index >= 15 is 0 Å². The molecule has 5 heteroatoms. The second-order valence-corrected chi connectivity index (χ2v) is 6.22. The van der Waals surface area contributed by atoms with E-state index in [1.54, 1.807) is 18.4 Å². The predicted molar refractivity (Wildman–Crippen MR) is 83.4 cm³/mol. The molecule has 0 spiro atoms. The molecule has 1 fully saturated rings. The van der Waals surface area contributed by atoms with E-state index in [-0.39, 0.29) is 5.60 Å². The maximum Gasteiger partial charge on any atom is 0.164 e. The van der Waals surface area contributed by atoms with Gasteiger partial charge in [-0.25, -0.2) is 9.97 Å². The van der Waals surface area contributed by atoms with Crippen LogP contribution in [-0.4, -0.2) is 23.6 Å². The van der Waals surface area contributed by atoms with Gasteiger partial charge in [-0.1, -0.05) is 19.3 Å². The van der Waals surface area contributed by atoms with Gasteiger partial charge in [0.05, 0.1) is 5.39 Å². The van der Waals surface area contributed by atoms with E-state index in [4.69, 9.17) is 14.7 Å². The Morgan fingerprint density at radius 1 is 1.30 bits per heavy atom. The maximum absolute atomic E-state index is 5.88. The van der Waals surface area contributed by atoms with Gasteiger partial charge in [0.2, 0.25) is 0 Å². The molecule has 1 aliphatic rings. The summed E-state index contributed by atoms with van der Waals surface area (Å²) in [6, 6.07) is 2.09. The van der Waals surface area contributed by atoms with E-state index in [0.717, 1.165) is 41.2 Å². The number of hydrogen-bond acceptors (Lipinski definition) is 5. The van der Waals surface area contributed by atoms with E-state index in [2.05, 4.69) is 23.7 Å². The molecule has 4 nitrogen and oxygen atoms in total. The topological polar surface area (TPSA) is 47.0 Å². The van der Waals surface area contributed by atoms with E-state index in [0.29, 0.717) is 0 Å². The second kappa shape index (κ2) is 5.66. The monoisotopic (exact) mass is 291 g/mol. The molecule has 3 rings (SSSR count). The zero-order valence-electron chi connectivity index (χ0n) is 12.1. The third kappa shape index (κ3) is 2.29. The van der Waals surface area contributed by atoms with Crippen LogP contribution < -0.4 is 5.32 Å². The van der Waals surface area contributed by atoms with Gasteiger partial charge in [-0.05, 0) is 31.2 Å². The minimum absolute atomic E-state index is 0.291. The Balaban J connectivity index is 2.09. The summed E-state index contributed by atoms with van der Waals surface area (Å²) in [5.74, 6) is 1.79. The van der Waals surface area contributed by atoms with Crippen LogP contribution in [0, 0.1) is 0 Å². The summed E-state index contributed by atoms with van der Waals surface area (Å²) in [7, 11) is 1.79. The predicted octanol–water partition coefficient (Wildman–Crippen LogP) is 3.93. The fourth-order valence-electron chi connectivity index (χ4n) is 3.00. The van der Waals surface area contributed by atoms with Crippen LogP contribution in [0.2, 0.25) is 0 Å². The highest BCUT2D eigenvalue weighted by Crippen LogP contribution is 2.40. The fraction of sp³-hybridized carbons (Fsp3) is 0.600. The van der Waals surface area contributed by atoms with Gasteiger partial charge in [0.1, 0.15) is 16.2 Å². The van der Waals surface area contributed by atoms with Crippen LogP contribution >= 0.6 is 11.3 Å². The quantitative estimate of drug-likeness (QED) is 0.927. The SMILES string of the molecule is CCNc1nc(C2(OC)CCCCC2)nc2sccc12. The lowest BCUT2D eigenvalue weighted by Crippen LogP contribution is -2.33. The summed E-state index contributed by atoms with van der Waals surface area (Å²) in [4.78, 5) is 10.6. The number of fused-ring (bicyclic) bond motifs is 1. The first kappa shape index (κ1) is 13.8. The van der Waals surface area contributed by atoms with Gasteiger partial charge in [0, 0.05) is 13.7 Å². The molecule has 2 aromatic rings. The minimum atomic E-state index is -0.291. The number of nitrogens with one attached hydrogen (secondary N) is 1. The number of nitrogens with zero attached hydrogens (tertiary/aromatic N) is 2. The third-order valence-electron chi connectivity index (χ3n) is 4.13. The Kier molecular flexibility index (Phi) is 3.89. The molecule has 108 valence electrons. The molecular weight excluding hydrogens is 270 g/mol. The number of hydrogen-bond donors (Lipinski definition) is 1. The molecule has 0 aliphatic heterocycles. The molecule has 1 aliphatic carbocycles. The molecule has 1 N–H and O–H groups in total. The zero-order chi connectivity index (χ0) is 14.0. The standard InChI is InChI=1S/C15H21N3OS/c1-3-16-12-11-7-10-20-13(11)18-14(17-12)15(19-2)8-5-4-6-9-15/h7,10H,3-6,8-9H2,1-2H3,(H,16,17,18). The lowest BCUT2D eigenvalue weighted by atomic mass is 9.84. The van der Waals surface area contributed by atoms with Crippen molar-refractivity contribution in [2.24, 2.45) is 0 Å². The van der Waals surface area contributed by atoms with Crippen molar-refractivity contribution in [3.8, 4) is 0 Å². The number of anilines is 1. The molecule has 0 atom stereocenters. The number of rotatable bonds is 4. The first-order chi connectivity index (χ1) is 9.79. The van der Waals surface area contributed by atoms with Gasteiger partial charge in [0.25, 0.3) is 0 Å². The molecule has 0 bridgehead atoms. The summed E-state index contributed by atoms with van der Waals surface area (Å²) >= 11 is 1.67. The zero-order valence-corrected chi connectivity index (χ0v) is 12.9. The van der Waals surface area contributed by atoms with Crippen molar-refractivity contribution < 1.29 is 4.74 Å². The van der Waals surface area contributed by atoms with Crippen molar-refractivity contribution in [1.29, 1.82) is 0 Å². The Morgan fingerprint density at radius 3 is 2.80 bits per heavy atom. The fourth-order valence-corrected chi connectivity index (χ4v) is 3.77. The lowest BCUT2D eigenvalue weighted by Gasteiger charge is -2.34. The summed E-state index contributed by atoms with van der Waals surface area (Å²) < 4.78 is 5.88. The Hall–Kier alpha value is -1.20. The van der Waals surface area contributed by atoms with Crippen molar-refractivity contribution in [1.82, 2.24) is 9.97 Å². The number of aromatic nitrogens is 2. The number of thiophene rings is 1. The largest absolute Gasteiger partial charge is 0.370 e. The van der Waals surface area contributed by atoms with E-state index < -0.39 is 0 Å². The second-order valence-electron chi connectivity index (χ2n) is 5.32. The van der Waals surface area contributed by atoms with Crippen LogP contribution in [0.5, 0.6) is 0 Å². The highest BCUT2D eigenvalue weighted by atomic mass is 32.1. The first-order valence-corrected chi connectivity index (χ1v) is 8.22. The average Bonchev–Trinajstić information content (AvgIpc) is 2.97. The van der Waals surface area contributed by atoms with Gasteiger partial charge < -0.3 is 10.1 Å². The maximum atomic E-state index is 5.88. The Labute approximate surface area is 123 Å². The van der Waals surface area contributed by atoms with Crippen molar-refractivity contribution >= 4 is 27.4 Å². The van der Waals surface area contributed by atoms with Gasteiger partial charge in [-0.3, -0.25) is 0 Å². The van der Waals surface area contributed by atoms with Crippen molar-refractivity contribution in [3.63, 3.8) is 0 Å². The molecule has 0 saturated heterocycles. The third-order valence-corrected chi connectivity index (χ3v) is 4.94. The minimum Gasteiger partial charge on any atom is -0.370 e. The number of ether oxygens (including phenoxy) is 1. The van der Waals surface area contributed by atoms with Gasteiger partial charge in [0.15, 0.2) is 5.82 Å². The van der Waals surface area contributed by atoms with Crippen molar-refractivity contribution in [2.45, 2.75) is 44.6 Å². The molecule has 0 unspecified atom stereocenters. The van der Waals surface area contributed by atoms with E-state index in [9.17, 15) is 0 Å². The molecule has 20 heavy (non-hydrogen) atoms. The van der Waals surface area contributed by atoms with Crippen LogP contribution in [0.25, 0.3) is 10.2 Å². The van der Waals surface area contributed by atoms with Gasteiger partial charge in [-0.2, -0.15) is 0 Å². The Bertz CT molecular complexity index is 590. The summed E-state index contributed by atoms with van der Waals surface area (Å²) in [6.45, 7) is 2.95. The van der Waals surface area contributed by atoms with Crippen LogP contribution in [0.4, 0.5) is 5.82 Å². The van der Waals surface area contributed by atoms with E-state index in [1.165, 1.54) is 19.3 Å². The first-order valence-electron chi connectivity index (χ1n) is 7.34. The Morgan fingerprint density at radius 2 is 2.10 bits per heavy atom. The molecular formula is C15H21N3OS. The van der Waals surface area contributed by atoms with Crippen LogP contribution in [-0.2, 0) is 10.3 Å². The van der Waals surface area contributed by atoms with Crippen LogP contribution in [0.15, 0.2) is 11.4 Å². The van der Waals surface area contributed by atoms with Gasteiger partial charge >= 0.3 is 0 Å². The molecule has 1 saturated carbocycles. The number of methoxy groups -OCH3 is 1. The summed E-state index contributed by atoms with van der Waals surface area (Å²) in [6.07, 6.45) is 5.71. The molecule has 2 aromatic heterocycles. The van der Waals surface area contributed by atoms with Crippen LogP contribution in [0.1, 0.15) is 44.9 Å². The van der Waals surface area contributed by atoms with E-state index in [1.807, 2.05) is 0 Å². The summed E-state index contributed by atoms with van der Waals surface area (Å²) in [5.41, 5.74) is -0.291. The molecule has 2 heterocycles. The van der Waals surface area contributed by atoms with Crippen molar-refractivity contribution in [2.75, 3.05) is 19.0 Å². The molecule has 0 aromatic carbocycles. The molecule has 0 radical (unpaired) electrons.